The highest BCUT2D eigenvalue weighted by Gasteiger charge is 2.24. The summed E-state index contributed by atoms with van der Waals surface area (Å²) in [7, 11) is 1.73. The van der Waals surface area contributed by atoms with E-state index >= 15 is 0 Å². The van der Waals surface area contributed by atoms with E-state index in [0.717, 1.165) is 18.8 Å². The molecule has 1 saturated heterocycles. The van der Waals surface area contributed by atoms with E-state index in [4.69, 9.17) is 10.5 Å². The zero-order valence-corrected chi connectivity index (χ0v) is 9.93. The van der Waals surface area contributed by atoms with Crippen LogP contribution in [0.5, 0.6) is 5.75 Å². The summed E-state index contributed by atoms with van der Waals surface area (Å²) in [6.07, 6.45) is 2.51. The number of hydrogen-bond donors (Lipinski definition) is 1. The lowest BCUT2D eigenvalue weighted by Gasteiger charge is -2.22. The lowest BCUT2D eigenvalue weighted by molar-refractivity contribution is 0.249. The normalized spacial score (nSPS) is 22.1. The molecule has 1 fully saturated rings. The molecule has 4 heteroatoms. The van der Waals surface area contributed by atoms with Crippen molar-refractivity contribution in [2.75, 3.05) is 20.2 Å². The minimum atomic E-state index is 0.566. The molecule has 2 N–H and O–H groups in total. The molecule has 0 radical (unpaired) electrons. The van der Waals surface area contributed by atoms with Crippen LogP contribution in [-0.2, 0) is 6.54 Å². The molecule has 0 spiro atoms. The third-order valence-electron chi connectivity index (χ3n) is 3.04. The van der Waals surface area contributed by atoms with Crippen molar-refractivity contribution in [1.82, 2.24) is 4.90 Å². The van der Waals surface area contributed by atoms with Gasteiger partial charge in [0.15, 0.2) is 0 Å². The molecule has 2 rings (SSSR count). The van der Waals surface area contributed by atoms with Crippen molar-refractivity contribution < 1.29 is 4.74 Å². The second-order valence-electron chi connectivity index (χ2n) is 3.91. The van der Waals surface area contributed by atoms with Crippen LogP contribution in [0.2, 0.25) is 0 Å². The van der Waals surface area contributed by atoms with Crippen LogP contribution in [0, 0.1) is 0 Å². The van der Waals surface area contributed by atoms with Crippen LogP contribution >= 0.6 is 11.3 Å². The summed E-state index contributed by atoms with van der Waals surface area (Å²) in [5.74, 6) is 1.02. The molecule has 0 saturated carbocycles. The Morgan fingerprint density at radius 2 is 2.53 bits per heavy atom. The zero-order valence-electron chi connectivity index (χ0n) is 9.11. The molecular weight excluding hydrogens is 208 g/mol. The summed E-state index contributed by atoms with van der Waals surface area (Å²) in [6.45, 7) is 2.93. The van der Waals surface area contributed by atoms with Gasteiger partial charge in [-0.3, -0.25) is 4.90 Å². The highest BCUT2D eigenvalue weighted by molar-refractivity contribution is 7.10. The van der Waals surface area contributed by atoms with Crippen molar-refractivity contribution in [2.24, 2.45) is 5.73 Å². The van der Waals surface area contributed by atoms with Crippen molar-refractivity contribution in [3.63, 3.8) is 0 Å². The largest absolute Gasteiger partial charge is 0.496 e. The number of ether oxygens (including phenoxy) is 1. The molecule has 1 unspecified atom stereocenters. The average Bonchev–Trinajstić information content (AvgIpc) is 2.87. The van der Waals surface area contributed by atoms with Crippen LogP contribution in [0.15, 0.2) is 11.4 Å². The second kappa shape index (κ2) is 4.96. The van der Waals surface area contributed by atoms with Gasteiger partial charge < -0.3 is 10.5 Å². The van der Waals surface area contributed by atoms with E-state index in [0.29, 0.717) is 6.04 Å². The van der Waals surface area contributed by atoms with Gasteiger partial charge in [0.25, 0.3) is 0 Å². The topological polar surface area (TPSA) is 38.5 Å². The van der Waals surface area contributed by atoms with E-state index in [1.165, 1.54) is 24.3 Å². The van der Waals surface area contributed by atoms with Crippen molar-refractivity contribution in [1.29, 1.82) is 0 Å². The van der Waals surface area contributed by atoms with Gasteiger partial charge in [-0.05, 0) is 30.8 Å². The van der Waals surface area contributed by atoms with E-state index in [2.05, 4.69) is 10.3 Å². The van der Waals surface area contributed by atoms with Crippen LogP contribution in [-0.4, -0.2) is 31.1 Å². The van der Waals surface area contributed by atoms with Crippen molar-refractivity contribution in [2.45, 2.75) is 25.4 Å². The first-order chi connectivity index (χ1) is 7.35. The van der Waals surface area contributed by atoms with Crippen molar-refractivity contribution in [3.8, 4) is 5.75 Å². The van der Waals surface area contributed by atoms with Gasteiger partial charge in [-0.25, -0.2) is 0 Å². The van der Waals surface area contributed by atoms with Crippen LogP contribution in [0.3, 0.4) is 0 Å². The maximum Gasteiger partial charge on any atom is 0.134 e. The Morgan fingerprint density at radius 1 is 1.67 bits per heavy atom. The van der Waals surface area contributed by atoms with E-state index in [9.17, 15) is 0 Å². The maximum atomic E-state index is 5.75. The molecular formula is C11H18N2OS. The van der Waals surface area contributed by atoms with E-state index in [-0.39, 0.29) is 0 Å². The fourth-order valence-corrected chi connectivity index (χ4v) is 3.04. The molecule has 2 heterocycles. The molecule has 0 aromatic carbocycles. The van der Waals surface area contributed by atoms with Crippen molar-refractivity contribution in [3.05, 3.63) is 16.3 Å². The smallest absolute Gasteiger partial charge is 0.134 e. The SMILES string of the molecule is COc1ccsc1CN1CCCC1CN. The summed E-state index contributed by atoms with van der Waals surface area (Å²) in [5.41, 5.74) is 5.75. The van der Waals surface area contributed by atoms with Gasteiger partial charge in [0.2, 0.25) is 0 Å². The predicted molar refractivity (Wildman–Crippen MR) is 63.4 cm³/mol. The molecule has 0 amide bonds. The highest BCUT2D eigenvalue weighted by Crippen LogP contribution is 2.28. The van der Waals surface area contributed by atoms with Crippen LogP contribution in [0.1, 0.15) is 17.7 Å². The maximum absolute atomic E-state index is 5.75. The van der Waals surface area contributed by atoms with E-state index in [1.54, 1.807) is 18.4 Å². The Bertz CT molecular complexity index is 313. The summed E-state index contributed by atoms with van der Waals surface area (Å²) in [5, 5.41) is 2.09. The lowest BCUT2D eigenvalue weighted by Crippen LogP contribution is -2.34. The van der Waals surface area contributed by atoms with Crippen molar-refractivity contribution >= 4 is 11.3 Å². The van der Waals surface area contributed by atoms with E-state index in [1.807, 2.05) is 6.07 Å². The fourth-order valence-electron chi connectivity index (χ4n) is 2.18. The number of nitrogens with two attached hydrogens (primary N) is 1. The Balaban J connectivity index is 2.01. The molecule has 0 aliphatic carbocycles. The lowest BCUT2D eigenvalue weighted by atomic mass is 10.2. The Morgan fingerprint density at radius 3 is 3.27 bits per heavy atom. The molecule has 1 aromatic heterocycles. The minimum absolute atomic E-state index is 0.566. The molecule has 1 aromatic rings. The van der Waals surface area contributed by atoms with Gasteiger partial charge in [0.05, 0.1) is 12.0 Å². The Kier molecular flexibility index (Phi) is 3.61. The summed E-state index contributed by atoms with van der Waals surface area (Å²) < 4.78 is 5.32. The summed E-state index contributed by atoms with van der Waals surface area (Å²) in [4.78, 5) is 3.78. The molecule has 3 nitrogen and oxygen atoms in total. The van der Waals surface area contributed by atoms with E-state index < -0.39 is 0 Å². The number of rotatable bonds is 4. The number of thiophene rings is 1. The molecule has 1 aliphatic heterocycles. The first-order valence-corrected chi connectivity index (χ1v) is 6.27. The van der Waals surface area contributed by atoms with Gasteiger partial charge in [0.1, 0.15) is 5.75 Å². The highest BCUT2D eigenvalue weighted by atomic mass is 32.1. The summed E-state index contributed by atoms with van der Waals surface area (Å²) in [6, 6.07) is 2.60. The number of nitrogens with zero attached hydrogens (tertiary/aromatic N) is 1. The molecule has 15 heavy (non-hydrogen) atoms. The van der Waals surface area contributed by atoms with Gasteiger partial charge in [-0.15, -0.1) is 11.3 Å². The Hall–Kier alpha value is -0.580. The minimum Gasteiger partial charge on any atom is -0.496 e. The monoisotopic (exact) mass is 226 g/mol. The van der Waals surface area contributed by atoms with Gasteiger partial charge in [-0.1, -0.05) is 0 Å². The first-order valence-electron chi connectivity index (χ1n) is 5.39. The number of hydrogen-bond acceptors (Lipinski definition) is 4. The molecule has 1 aliphatic rings. The van der Waals surface area contributed by atoms with Gasteiger partial charge >= 0.3 is 0 Å². The Labute approximate surface area is 94.8 Å². The first kappa shape index (κ1) is 10.9. The fraction of sp³-hybridized carbons (Fsp3) is 0.636. The van der Waals surface area contributed by atoms with Crippen LogP contribution in [0.4, 0.5) is 0 Å². The van der Waals surface area contributed by atoms with Gasteiger partial charge in [0, 0.05) is 19.1 Å². The summed E-state index contributed by atoms with van der Waals surface area (Å²) >= 11 is 1.77. The second-order valence-corrected chi connectivity index (χ2v) is 4.92. The third kappa shape index (κ3) is 2.33. The number of likely N-dealkylation sites (tertiary alicyclic amines) is 1. The molecule has 1 atom stereocenters. The third-order valence-corrected chi connectivity index (χ3v) is 3.93. The number of methoxy groups -OCH3 is 1. The average molecular weight is 226 g/mol. The quantitative estimate of drug-likeness (QED) is 0.849. The van der Waals surface area contributed by atoms with Crippen LogP contribution < -0.4 is 10.5 Å². The van der Waals surface area contributed by atoms with Crippen LogP contribution in [0.25, 0.3) is 0 Å². The standard InChI is InChI=1S/C11H18N2OS/c1-14-10-4-6-15-11(10)8-13-5-2-3-9(13)7-12/h4,6,9H,2-3,5,7-8,12H2,1H3. The zero-order chi connectivity index (χ0) is 10.7. The molecule has 0 bridgehead atoms. The molecule has 84 valence electrons. The van der Waals surface area contributed by atoms with Gasteiger partial charge in [-0.2, -0.15) is 0 Å². The predicted octanol–water partition coefficient (Wildman–Crippen LogP) is 1.68.